The fourth-order valence-corrected chi connectivity index (χ4v) is 2.25. The number of pyridine rings is 1. The van der Waals surface area contributed by atoms with E-state index in [-0.39, 0.29) is 0 Å². The van der Waals surface area contributed by atoms with Crippen LogP contribution in [0.4, 0.5) is 5.69 Å². The van der Waals surface area contributed by atoms with E-state index in [1.165, 1.54) is 5.56 Å². The average molecular weight is 285 g/mol. The first kappa shape index (κ1) is 14.5. The SMILES string of the molecule is C[C@H](CCc1ccccc1)NC(=S)Nc1cccnc1. The molecular weight excluding hydrogens is 266 g/mol. The first-order valence-electron chi connectivity index (χ1n) is 6.75. The Balaban J connectivity index is 1.74. The van der Waals surface area contributed by atoms with Crippen molar-refractivity contribution in [2.75, 3.05) is 5.32 Å². The average Bonchev–Trinajstić information content (AvgIpc) is 2.47. The molecule has 1 atom stereocenters. The number of thiocarbonyl (C=S) groups is 1. The molecule has 1 aromatic carbocycles. The highest BCUT2D eigenvalue weighted by molar-refractivity contribution is 7.80. The van der Waals surface area contributed by atoms with Gasteiger partial charge in [-0.25, -0.2) is 0 Å². The highest BCUT2D eigenvalue weighted by atomic mass is 32.1. The zero-order valence-corrected chi connectivity index (χ0v) is 12.4. The first-order valence-corrected chi connectivity index (χ1v) is 7.16. The van der Waals surface area contributed by atoms with Gasteiger partial charge in [-0.05, 0) is 49.7 Å². The van der Waals surface area contributed by atoms with Crippen molar-refractivity contribution >= 4 is 23.0 Å². The van der Waals surface area contributed by atoms with Gasteiger partial charge in [0, 0.05) is 12.2 Å². The molecule has 2 N–H and O–H groups in total. The number of nitrogens with zero attached hydrogens (tertiary/aromatic N) is 1. The molecule has 104 valence electrons. The van der Waals surface area contributed by atoms with Crippen LogP contribution in [0.15, 0.2) is 54.9 Å². The molecule has 0 saturated heterocycles. The minimum absolute atomic E-state index is 0.326. The molecular formula is C16H19N3S. The van der Waals surface area contributed by atoms with Crippen LogP contribution in [-0.2, 0) is 6.42 Å². The second kappa shape index (κ2) is 7.60. The summed E-state index contributed by atoms with van der Waals surface area (Å²) in [7, 11) is 0. The Morgan fingerprint density at radius 1 is 1.20 bits per heavy atom. The summed E-state index contributed by atoms with van der Waals surface area (Å²) in [4.78, 5) is 4.04. The van der Waals surface area contributed by atoms with E-state index in [4.69, 9.17) is 12.2 Å². The lowest BCUT2D eigenvalue weighted by Gasteiger charge is -2.16. The van der Waals surface area contributed by atoms with E-state index in [0.717, 1.165) is 18.5 Å². The number of hydrogen-bond donors (Lipinski definition) is 2. The molecule has 4 heteroatoms. The van der Waals surface area contributed by atoms with Gasteiger partial charge >= 0.3 is 0 Å². The van der Waals surface area contributed by atoms with Crippen molar-refractivity contribution in [3.63, 3.8) is 0 Å². The molecule has 0 radical (unpaired) electrons. The summed E-state index contributed by atoms with van der Waals surface area (Å²) < 4.78 is 0. The van der Waals surface area contributed by atoms with E-state index in [1.54, 1.807) is 12.4 Å². The quantitative estimate of drug-likeness (QED) is 0.826. The normalized spacial score (nSPS) is 11.7. The summed E-state index contributed by atoms with van der Waals surface area (Å²) in [5, 5.41) is 7.06. The third-order valence-corrected chi connectivity index (χ3v) is 3.23. The molecule has 0 spiro atoms. The van der Waals surface area contributed by atoms with Crippen LogP contribution >= 0.6 is 12.2 Å². The third-order valence-electron chi connectivity index (χ3n) is 3.01. The van der Waals surface area contributed by atoms with Crippen LogP contribution in [0.1, 0.15) is 18.9 Å². The van der Waals surface area contributed by atoms with Gasteiger partial charge in [0.05, 0.1) is 11.9 Å². The number of anilines is 1. The Morgan fingerprint density at radius 2 is 2.00 bits per heavy atom. The predicted molar refractivity (Wildman–Crippen MR) is 87.8 cm³/mol. The molecule has 0 unspecified atom stereocenters. The van der Waals surface area contributed by atoms with Crippen molar-refractivity contribution in [1.82, 2.24) is 10.3 Å². The van der Waals surface area contributed by atoms with Crippen molar-refractivity contribution in [1.29, 1.82) is 0 Å². The largest absolute Gasteiger partial charge is 0.360 e. The fraction of sp³-hybridized carbons (Fsp3) is 0.250. The van der Waals surface area contributed by atoms with Gasteiger partial charge in [-0.2, -0.15) is 0 Å². The molecule has 3 nitrogen and oxygen atoms in total. The summed E-state index contributed by atoms with van der Waals surface area (Å²) in [5.41, 5.74) is 2.26. The highest BCUT2D eigenvalue weighted by Gasteiger charge is 2.05. The molecule has 1 aromatic heterocycles. The molecule has 20 heavy (non-hydrogen) atoms. The maximum absolute atomic E-state index is 5.29. The molecule has 0 aliphatic rings. The van der Waals surface area contributed by atoms with Gasteiger partial charge in [0.25, 0.3) is 0 Å². The Morgan fingerprint density at radius 3 is 2.70 bits per heavy atom. The summed E-state index contributed by atoms with van der Waals surface area (Å²) in [5.74, 6) is 0. The summed E-state index contributed by atoms with van der Waals surface area (Å²) >= 11 is 5.29. The van der Waals surface area contributed by atoms with Gasteiger partial charge in [0.1, 0.15) is 0 Å². The predicted octanol–water partition coefficient (Wildman–Crippen LogP) is 3.39. The van der Waals surface area contributed by atoms with Crippen LogP contribution in [0.3, 0.4) is 0 Å². The second-order valence-corrected chi connectivity index (χ2v) is 5.17. The summed E-state index contributed by atoms with van der Waals surface area (Å²) in [6.07, 6.45) is 5.58. The number of nitrogens with one attached hydrogen (secondary N) is 2. The molecule has 2 aromatic rings. The second-order valence-electron chi connectivity index (χ2n) is 4.77. The minimum atomic E-state index is 0.326. The molecule has 0 bridgehead atoms. The van der Waals surface area contributed by atoms with Crippen molar-refractivity contribution in [3.8, 4) is 0 Å². The highest BCUT2D eigenvalue weighted by Crippen LogP contribution is 2.06. The maximum atomic E-state index is 5.29. The summed E-state index contributed by atoms with van der Waals surface area (Å²) in [6.45, 7) is 2.14. The molecule has 0 aliphatic heterocycles. The van der Waals surface area contributed by atoms with Gasteiger partial charge in [-0.3, -0.25) is 4.98 Å². The lowest BCUT2D eigenvalue weighted by molar-refractivity contribution is 0.609. The van der Waals surface area contributed by atoms with Crippen molar-refractivity contribution in [2.45, 2.75) is 25.8 Å². The van der Waals surface area contributed by atoms with Gasteiger partial charge in [0.2, 0.25) is 0 Å². The van der Waals surface area contributed by atoms with Gasteiger partial charge < -0.3 is 10.6 Å². The number of hydrogen-bond acceptors (Lipinski definition) is 2. The van der Waals surface area contributed by atoms with E-state index in [2.05, 4.69) is 46.8 Å². The zero-order chi connectivity index (χ0) is 14.2. The van der Waals surface area contributed by atoms with Gasteiger partial charge in [-0.1, -0.05) is 30.3 Å². The minimum Gasteiger partial charge on any atom is -0.360 e. The molecule has 0 amide bonds. The zero-order valence-electron chi connectivity index (χ0n) is 11.5. The standard InChI is InChI=1S/C16H19N3S/c1-13(9-10-14-6-3-2-4-7-14)18-16(20)19-15-8-5-11-17-12-15/h2-8,11-13H,9-10H2,1H3,(H2,18,19,20)/t13-/m1/s1. The lowest BCUT2D eigenvalue weighted by Crippen LogP contribution is -2.36. The van der Waals surface area contributed by atoms with Crippen LogP contribution < -0.4 is 10.6 Å². The molecule has 0 fully saturated rings. The Labute approximate surface area is 125 Å². The Hall–Kier alpha value is -1.94. The summed E-state index contributed by atoms with van der Waals surface area (Å²) in [6, 6.07) is 14.6. The molecule has 2 rings (SSSR count). The van der Waals surface area contributed by atoms with Crippen molar-refractivity contribution in [2.24, 2.45) is 0 Å². The van der Waals surface area contributed by atoms with E-state index in [1.807, 2.05) is 18.2 Å². The molecule has 0 saturated carbocycles. The van der Waals surface area contributed by atoms with E-state index in [0.29, 0.717) is 11.2 Å². The van der Waals surface area contributed by atoms with Crippen molar-refractivity contribution in [3.05, 3.63) is 60.4 Å². The fourth-order valence-electron chi connectivity index (χ4n) is 1.93. The van der Waals surface area contributed by atoms with E-state index >= 15 is 0 Å². The molecule has 1 heterocycles. The van der Waals surface area contributed by atoms with Crippen LogP contribution in [0, 0.1) is 0 Å². The van der Waals surface area contributed by atoms with Crippen LogP contribution in [0.25, 0.3) is 0 Å². The lowest BCUT2D eigenvalue weighted by atomic mass is 10.1. The van der Waals surface area contributed by atoms with Crippen LogP contribution in [-0.4, -0.2) is 16.1 Å². The number of aryl methyl sites for hydroxylation is 1. The van der Waals surface area contributed by atoms with Gasteiger partial charge in [0.15, 0.2) is 5.11 Å². The Kier molecular flexibility index (Phi) is 5.50. The molecule has 0 aliphatic carbocycles. The van der Waals surface area contributed by atoms with E-state index in [9.17, 15) is 0 Å². The first-order chi connectivity index (χ1) is 9.74. The maximum Gasteiger partial charge on any atom is 0.171 e. The smallest absolute Gasteiger partial charge is 0.171 e. The monoisotopic (exact) mass is 285 g/mol. The number of aromatic nitrogens is 1. The van der Waals surface area contributed by atoms with E-state index < -0.39 is 0 Å². The number of rotatable bonds is 5. The topological polar surface area (TPSA) is 37.0 Å². The Bertz CT molecular complexity index is 528. The number of benzene rings is 1. The van der Waals surface area contributed by atoms with Crippen LogP contribution in [0.5, 0.6) is 0 Å². The van der Waals surface area contributed by atoms with Gasteiger partial charge in [-0.15, -0.1) is 0 Å². The van der Waals surface area contributed by atoms with Crippen molar-refractivity contribution < 1.29 is 0 Å². The van der Waals surface area contributed by atoms with Crippen LogP contribution in [0.2, 0.25) is 0 Å². The third kappa shape index (κ3) is 4.97.